The van der Waals surface area contributed by atoms with E-state index in [1.165, 1.54) is 0 Å². The van der Waals surface area contributed by atoms with E-state index in [4.69, 9.17) is 18.0 Å². The lowest BCUT2D eigenvalue weighted by Gasteiger charge is -2.27. The maximum Gasteiger partial charge on any atom is 0.272 e. The number of hydrogen-bond donors (Lipinski definition) is 1. The van der Waals surface area contributed by atoms with Crippen LogP contribution in [-0.2, 0) is 0 Å². The highest BCUT2D eigenvalue weighted by Crippen LogP contribution is 2.25. The van der Waals surface area contributed by atoms with Gasteiger partial charge < -0.3 is 10.6 Å². The molecular weight excluding hydrogens is 258 g/mol. The molecule has 1 atom stereocenters. The van der Waals surface area contributed by atoms with Crippen molar-refractivity contribution in [3.63, 3.8) is 0 Å². The fraction of sp³-hybridized carbons (Fsp3) is 0.500. The monoisotopic (exact) mass is 277 g/mol. The number of pyridine rings is 1. The number of likely N-dealkylation sites (tertiary alicyclic amines) is 1. The fourth-order valence-electron chi connectivity index (χ4n) is 2.55. The summed E-state index contributed by atoms with van der Waals surface area (Å²) in [5.74, 6) is 0.480. The van der Waals surface area contributed by atoms with Gasteiger partial charge in [-0.25, -0.2) is 0 Å². The predicted octanol–water partition coefficient (Wildman–Crippen LogP) is 1.98. The zero-order valence-corrected chi connectivity index (χ0v) is 12.1. The van der Waals surface area contributed by atoms with E-state index in [9.17, 15) is 4.79 Å². The summed E-state index contributed by atoms with van der Waals surface area (Å²) >= 11 is 4.87. The molecule has 2 rings (SSSR count). The van der Waals surface area contributed by atoms with Crippen molar-refractivity contribution in [1.29, 1.82) is 0 Å². The highest BCUT2D eigenvalue weighted by atomic mass is 32.1. The number of nitrogens with zero attached hydrogens (tertiary/aromatic N) is 2. The van der Waals surface area contributed by atoms with E-state index in [1.54, 1.807) is 18.3 Å². The van der Waals surface area contributed by atoms with Crippen LogP contribution < -0.4 is 5.73 Å². The van der Waals surface area contributed by atoms with Crippen LogP contribution in [0.2, 0.25) is 0 Å². The van der Waals surface area contributed by atoms with Crippen LogP contribution in [0.3, 0.4) is 0 Å². The molecule has 1 aliphatic heterocycles. The second-order valence-corrected chi connectivity index (χ2v) is 5.69. The number of amides is 1. The molecule has 1 saturated heterocycles. The van der Waals surface area contributed by atoms with Gasteiger partial charge in [-0.1, -0.05) is 26.1 Å². The van der Waals surface area contributed by atoms with E-state index >= 15 is 0 Å². The Bertz CT molecular complexity index is 484. The lowest BCUT2D eigenvalue weighted by Crippen LogP contribution is -2.38. The van der Waals surface area contributed by atoms with Crippen LogP contribution in [0.4, 0.5) is 0 Å². The van der Waals surface area contributed by atoms with Gasteiger partial charge in [0.15, 0.2) is 0 Å². The number of nitrogens with two attached hydrogens (primary N) is 1. The van der Waals surface area contributed by atoms with E-state index in [-0.39, 0.29) is 5.91 Å². The maximum atomic E-state index is 12.4. The molecule has 0 radical (unpaired) electrons. The fourth-order valence-corrected chi connectivity index (χ4v) is 2.67. The molecule has 102 valence electrons. The highest BCUT2D eigenvalue weighted by molar-refractivity contribution is 7.80. The van der Waals surface area contributed by atoms with Crippen molar-refractivity contribution in [1.82, 2.24) is 9.88 Å². The molecule has 4 nitrogen and oxygen atoms in total. The molecule has 1 unspecified atom stereocenters. The molecule has 1 aromatic rings. The lowest BCUT2D eigenvalue weighted by atomic mass is 10.0. The van der Waals surface area contributed by atoms with Crippen molar-refractivity contribution in [2.24, 2.45) is 11.7 Å². The van der Waals surface area contributed by atoms with Crippen LogP contribution in [-0.4, -0.2) is 33.4 Å². The number of aromatic nitrogens is 1. The summed E-state index contributed by atoms with van der Waals surface area (Å²) in [4.78, 5) is 18.9. The van der Waals surface area contributed by atoms with Crippen molar-refractivity contribution in [3.8, 4) is 0 Å². The molecule has 0 bridgehead atoms. The molecular formula is C14H19N3OS. The Kier molecular flexibility index (Phi) is 4.14. The standard InChI is InChI=1S/C14H19N3OS/c1-9(2)12-4-3-7-17(12)14(18)11-6-5-10(8-16-11)13(15)19/h5-6,8-9,12H,3-4,7H2,1-2H3,(H2,15,19). The largest absolute Gasteiger partial charge is 0.389 e. The summed E-state index contributed by atoms with van der Waals surface area (Å²) in [7, 11) is 0. The molecule has 1 aromatic heterocycles. The first-order chi connectivity index (χ1) is 9.00. The van der Waals surface area contributed by atoms with E-state index in [1.807, 2.05) is 4.90 Å². The minimum atomic E-state index is 0.00527. The van der Waals surface area contributed by atoms with E-state index in [0.29, 0.717) is 28.2 Å². The van der Waals surface area contributed by atoms with Gasteiger partial charge in [0.1, 0.15) is 10.7 Å². The number of rotatable bonds is 3. The van der Waals surface area contributed by atoms with Gasteiger partial charge in [0.25, 0.3) is 5.91 Å². The third kappa shape index (κ3) is 2.92. The van der Waals surface area contributed by atoms with Crippen molar-refractivity contribution in [3.05, 3.63) is 29.6 Å². The Balaban J connectivity index is 2.17. The molecule has 0 aliphatic carbocycles. The second-order valence-electron chi connectivity index (χ2n) is 5.25. The van der Waals surface area contributed by atoms with E-state index < -0.39 is 0 Å². The number of thiocarbonyl (C=S) groups is 1. The summed E-state index contributed by atoms with van der Waals surface area (Å²) in [6.45, 7) is 5.12. The Morgan fingerprint density at radius 2 is 2.26 bits per heavy atom. The molecule has 1 aliphatic rings. The lowest BCUT2D eigenvalue weighted by molar-refractivity contribution is 0.0695. The molecule has 2 N–H and O–H groups in total. The minimum absolute atomic E-state index is 0.00527. The molecule has 5 heteroatoms. The van der Waals surface area contributed by atoms with Crippen LogP contribution >= 0.6 is 12.2 Å². The number of hydrogen-bond acceptors (Lipinski definition) is 3. The molecule has 0 saturated carbocycles. The van der Waals surface area contributed by atoms with E-state index in [0.717, 1.165) is 19.4 Å². The second kappa shape index (κ2) is 5.65. The molecule has 19 heavy (non-hydrogen) atoms. The zero-order chi connectivity index (χ0) is 14.0. The number of carbonyl (C=O) groups excluding carboxylic acids is 1. The van der Waals surface area contributed by atoms with Crippen LogP contribution in [0.5, 0.6) is 0 Å². The average Bonchev–Trinajstić information content (AvgIpc) is 2.87. The zero-order valence-electron chi connectivity index (χ0n) is 11.3. The van der Waals surface area contributed by atoms with Crippen LogP contribution in [0.15, 0.2) is 18.3 Å². The third-order valence-corrected chi connectivity index (χ3v) is 3.83. The van der Waals surface area contributed by atoms with Gasteiger partial charge in [-0.15, -0.1) is 0 Å². The summed E-state index contributed by atoms with van der Waals surface area (Å²) < 4.78 is 0. The summed E-state index contributed by atoms with van der Waals surface area (Å²) in [5.41, 5.74) is 6.67. The molecule has 1 fully saturated rings. The van der Waals surface area contributed by atoms with Crippen molar-refractivity contribution in [2.45, 2.75) is 32.7 Å². The quantitative estimate of drug-likeness (QED) is 0.858. The average molecular weight is 277 g/mol. The Labute approximate surface area is 119 Å². The Morgan fingerprint density at radius 3 is 2.79 bits per heavy atom. The van der Waals surface area contributed by atoms with Crippen molar-refractivity contribution < 1.29 is 4.79 Å². The van der Waals surface area contributed by atoms with Gasteiger partial charge in [0, 0.05) is 24.3 Å². The topological polar surface area (TPSA) is 59.2 Å². The van der Waals surface area contributed by atoms with Crippen molar-refractivity contribution >= 4 is 23.1 Å². The summed E-state index contributed by atoms with van der Waals surface area (Å²) in [6, 6.07) is 3.78. The van der Waals surface area contributed by atoms with Gasteiger partial charge in [-0.05, 0) is 30.9 Å². The summed E-state index contributed by atoms with van der Waals surface area (Å²) in [5, 5.41) is 0. The molecule has 1 amide bonds. The molecule has 2 heterocycles. The minimum Gasteiger partial charge on any atom is -0.389 e. The van der Waals surface area contributed by atoms with Crippen molar-refractivity contribution in [2.75, 3.05) is 6.54 Å². The van der Waals surface area contributed by atoms with Gasteiger partial charge in [-0.3, -0.25) is 9.78 Å². The van der Waals surface area contributed by atoms with Gasteiger partial charge >= 0.3 is 0 Å². The highest BCUT2D eigenvalue weighted by Gasteiger charge is 2.31. The SMILES string of the molecule is CC(C)C1CCCN1C(=O)c1ccc(C(N)=S)cn1. The number of carbonyl (C=O) groups is 1. The summed E-state index contributed by atoms with van der Waals surface area (Å²) in [6.07, 6.45) is 3.71. The first-order valence-corrected chi connectivity index (χ1v) is 6.98. The third-order valence-electron chi connectivity index (χ3n) is 3.60. The van der Waals surface area contributed by atoms with Gasteiger partial charge in [0.2, 0.25) is 0 Å². The van der Waals surface area contributed by atoms with Crippen LogP contribution in [0, 0.1) is 5.92 Å². The normalized spacial score (nSPS) is 18.9. The molecule has 0 aromatic carbocycles. The first kappa shape index (κ1) is 13.9. The Morgan fingerprint density at radius 1 is 1.53 bits per heavy atom. The van der Waals surface area contributed by atoms with E-state index in [2.05, 4.69) is 18.8 Å². The smallest absolute Gasteiger partial charge is 0.272 e. The predicted molar refractivity (Wildman–Crippen MR) is 79.0 cm³/mol. The van der Waals surface area contributed by atoms with Gasteiger partial charge in [-0.2, -0.15) is 0 Å². The maximum absolute atomic E-state index is 12.4. The Hall–Kier alpha value is -1.49. The first-order valence-electron chi connectivity index (χ1n) is 6.57. The van der Waals surface area contributed by atoms with Crippen LogP contribution in [0.25, 0.3) is 0 Å². The molecule has 0 spiro atoms. The van der Waals surface area contributed by atoms with Gasteiger partial charge in [0.05, 0.1) is 0 Å². The van der Waals surface area contributed by atoms with Crippen LogP contribution in [0.1, 0.15) is 42.7 Å².